The highest BCUT2D eigenvalue weighted by Gasteiger charge is 2.46. The zero-order chi connectivity index (χ0) is 13.5. The maximum absolute atomic E-state index is 13.9. The van der Waals surface area contributed by atoms with Gasteiger partial charge in [-0.25, -0.2) is 4.39 Å². The van der Waals surface area contributed by atoms with Crippen LogP contribution < -0.4 is 0 Å². The molecule has 1 fully saturated rings. The number of halogens is 2. The van der Waals surface area contributed by atoms with Gasteiger partial charge in [-0.2, -0.15) is 0 Å². The molecule has 0 spiro atoms. The fraction of sp³-hybridized carbons (Fsp3) is 0.500. The first kappa shape index (κ1) is 13.5. The molecule has 0 aliphatic heterocycles. The van der Waals surface area contributed by atoms with Crippen molar-refractivity contribution in [1.82, 2.24) is 0 Å². The van der Waals surface area contributed by atoms with Gasteiger partial charge < -0.3 is 5.11 Å². The lowest BCUT2D eigenvalue weighted by Crippen LogP contribution is -2.42. The smallest absolute Gasteiger partial charge is 0.314 e. The Kier molecular flexibility index (Phi) is 3.49. The van der Waals surface area contributed by atoms with Gasteiger partial charge in [0, 0.05) is 0 Å². The number of hydrogen-bond acceptors (Lipinski definition) is 1. The molecule has 2 nitrogen and oxygen atoms in total. The molecule has 0 saturated heterocycles. The minimum Gasteiger partial charge on any atom is -0.481 e. The van der Waals surface area contributed by atoms with E-state index in [9.17, 15) is 14.3 Å². The van der Waals surface area contributed by atoms with Crippen LogP contribution in [0.1, 0.15) is 50.2 Å². The van der Waals surface area contributed by atoms with E-state index in [1.54, 1.807) is 12.1 Å². The molecule has 1 saturated carbocycles. The Labute approximate surface area is 114 Å². The van der Waals surface area contributed by atoms with E-state index in [0.717, 1.165) is 12.0 Å². The fourth-order valence-electron chi connectivity index (χ4n) is 2.46. The van der Waals surface area contributed by atoms with Crippen LogP contribution in [-0.2, 0) is 10.2 Å². The molecule has 4 heteroatoms. The summed E-state index contributed by atoms with van der Waals surface area (Å²) in [6.45, 7) is 3.81. The van der Waals surface area contributed by atoms with Crippen molar-refractivity contribution in [1.29, 1.82) is 0 Å². The number of carboxylic acid groups (broad SMARTS) is 1. The van der Waals surface area contributed by atoms with E-state index in [0.29, 0.717) is 22.9 Å². The van der Waals surface area contributed by atoms with Crippen LogP contribution in [0, 0.1) is 5.82 Å². The van der Waals surface area contributed by atoms with E-state index in [-0.39, 0.29) is 11.7 Å². The highest BCUT2D eigenvalue weighted by atomic mass is 79.9. The largest absolute Gasteiger partial charge is 0.481 e. The van der Waals surface area contributed by atoms with Gasteiger partial charge in [-0.3, -0.25) is 4.79 Å². The van der Waals surface area contributed by atoms with Crippen molar-refractivity contribution >= 4 is 21.9 Å². The zero-order valence-electron chi connectivity index (χ0n) is 10.5. The summed E-state index contributed by atoms with van der Waals surface area (Å²) in [4.78, 5) is 11.5. The molecule has 0 heterocycles. The molecule has 18 heavy (non-hydrogen) atoms. The van der Waals surface area contributed by atoms with Gasteiger partial charge in [0.1, 0.15) is 5.82 Å². The summed E-state index contributed by atoms with van der Waals surface area (Å²) in [6, 6.07) is 3.34. The van der Waals surface area contributed by atoms with Crippen LogP contribution in [0.2, 0.25) is 0 Å². The molecule has 2 rings (SSSR count). The molecule has 0 unspecified atom stereocenters. The third-order valence-electron chi connectivity index (χ3n) is 3.85. The van der Waals surface area contributed by atoms with Gasteiger partial charge in [0.2, 0.25) is 0 Å². The summed E-state index contributed by atoms with van der Waals surface area (Å²) in [6.07, 6.45) is 2.19. The van der Waals surface area contributed by atoms with Crippen molar-refractivity contribution < 1.29 is 14.3 Å². The summed E-state index contributed by atoms with van der Waals surface area (Å²) < 4.78 is 14.3. The molecular formula is C14H16BrFO2. The number of hydrogen-bond donors (Lipinski definition) is 1. The standard InChI is InChI=1S/C14H16BrFO2/c1-8(2)10-6-9(7-11(15)12(10)16)14(13(17)18)4-3-5-14/h6-8H,3-5H2,1-2H3,(H,17,18). The maximum Gasteiger partial charge on any atom is 0.314 e. The third-order valence-corrected chi connectivity index (χ3v) is 4.42. The molecule has 0 bridgehead atoms. The van der Waals surface area contributed by atoms with Crippen molar-refractivity contribution in [3.63, 3.8) is 0 Å². The van der Waals surface area contributed by atoms with Crippen molar-refractivity contribution in [2.75, 3.05) is 0 Å². The van der Waals surface area contributed by atoms with Crippen molar-refractivity contribution in [2.24, 2.45) is 0 Å². The van der Waals surface area contributed by atoms with Crippen molar-refractivity contribution in [3.8, 4) is 0 Å². The monoisotopic (exact) mass is 314 g/mol. The molecule has 1 aliphatic rings. The molecule has 98 valence electrons. The molecule has 0 amide bonds. The average Bonchev–Trinajstić information content (AvgIpc) is 2.20. The van der Waals surface area contributed by atoms with Crippen LogP contribution in [0.5, 0.6) is 0 Å². The van der Waals surface area contributed by atoms with Crippen LogP contribution in [0.25, 0.3) is 0 Å². The van der Waals surface area contributed by atoms with Crippen LogP contribution in [0.15, 0.2) is 16.6 Å². The Morgan fingerprint density at radius 1 is 1.44 bits per heavy atom. The van der Waals surface area contributed by atoms with E-state index in [4.69, 9.17) is 0 Å². The second-order valence-corrected chi connectivity index (χ2v) is 6.11. The predicted molar refractivity (Wildman–Crippen MR) is 71.4 cm³/mol. The number of carboxylic acids is 1. The first-order chi connectivity index (χ1) is 8.38. The Morgan fingerprint density at radius 3 is 2.44 bits per heavy atom. The van der Waals surface area contributed by atoms with E-state index < -0.39 is 11.4 Å². The SMILES string of the molecule is CC(C)c1cc(C2(C(=O)O)CCC2)cc(Br)c1F. The van der Waals surface area contributed by atoms with Gasteiger partial charge in [-0.05, 0) is 51.9 Å². The lowest BCUT2D eigenvalue weighted by molar-refractivity contribution is -0.147. The molecule has 1 aromatic carbocycles. The Balaban J connectivity index is 2.55. The Bertz CT molecular complexity index is 493. The third kappa shape index (κ3) is 1.96. The van der Waals surface area contributed by atoms with Gasteiger partial charge in [0.15, 0.2) is 0 Å². The number of aliphatic carboxylic acids is 1. The second-order valence-electron chi connectivity index (χ2n) is 5.26. The number of carbonyl (C=O) groups is 1. The van der Waals surface area contributed by atoms with Gasteiger partial charge in [0.05, 0.1) is 9.89 Å². The highest BCUT2D eigenvalue weighted by Crippen LogP contribution is 2.45. The van der Waals surface area contributed by atoms with Crippen LogP contribution in [-0.4, -0.2) is 11.1 Å². The lowest BCUT2D eigenvalue weighted by atomic mass is 9.64. The van der Waals surface area contributed by atoms with Crippen molar-refractivity contribution in [2.45, 2.75) is 44.4 Å². The molecular weight excluding hydrogens is 299 g/mol. The Morgan fingerprint density at radius 2 is 2.06 bits per heavy atom. The first-order valence-electron chi connectivity index (χ1n) is 6.11. The zero-order valence-corrected chi connectivity index (χ0v) is 12.1. The lowest BCUT2D eigenvalue weighted by Gasteiger charge is -2.38. The van der Waals surface area contributed by atoms with E-state index in [2.05, 4.69) is 15.9 Å². The summed E-state index contributed by atoms with van der Waals surface area (Å²) in [5.41, 5.74) is 0.491. The second kappa shape index (κ2) is 4.65. The van der Waals surface area contributed by atoms with Gasteiger partial charge in [-0.15, -0.1) is 0 Å². The Hall–Kier alpha value is -0.900. The van der Waals surface area contributed by atoms with E-state index in [1.807, 2.05) is 13.8 Å². The summed E-state index contributed by atoms with van der Waals surface area (Å²) in [5.74, 6) is -1.05. The predicted octanol–water partition coefficient (Wildman–Crippen LogP) is 4.22. The summed E-state index contributed by atoms with van der Waals surface area (Å²) >= 11 is 3.19. The normalized spacial score (nSPS) is 17.6. The van der Waals surface area contributed by atoms with Crippen LogP contribution in [0.4, 0.5) is 4.39 Å². The van der Waals surface area contributed by atoms with Crippen LogP contribution >= 0.6 is 15.9 Å². The van der Waals surface area contributed by atoms with Gasteiger partial charge in [-0.1, -0.05) is 26.3 Å². The van der Waals surface area contributed by atoms with E-state index >= 15 is 0 Å². The minimum atomic E-state index is -0.806. The molecule has 0 atom stereocenters. The topological polar surface area (TPSA) is 37.3 Å². The minimum absolute atomic E-state index is 0.0344. The fourth-order valence-corrected chi connectivity index (χ4v) is 2.94. The van der Waals surface area contributed by atoms with Gasteiger partial charge in [0.25, 0.3) is 0 Å². The molecule has 1 N–H and O–H groups in total. The van der Waals surface area contributed by atoms with Crippen molar-refractivity contribution in [3.05, 3.63) is 33.5 Å². The quantitative estimate of drug-likeness (QED) is 0.907. The summed E-state index contributed by atoms with van der Waals surface area (Å²) in [7, 11) is 0. The summed E-state index contributed by atoms with van der Waals surface area (Å²) in [5, 5.41) is 9.42. The maximum atomic E-state index is 13.9. The average molecular weight is 315 g/mol. The number of benzene rings is 1. The highest BCUT2D eigenvalue weighted by molar-refractivity contribution is 9.10. The van der Waals surface area contributed by atoms with Gasteiger partial charge >= 0.3 is 5.97 Å². The molecule has 0 radical (unpaired) electrons. The molecule has 1 aliphatic carbocycles. The first-order valence-corrected chi connectivity index (χ1v) is 6.90. The number of rotatable bonds is 3. The van der Waals surface area contributed by atoms with Crippen LogP contribution in [0.3, 0.4) is 0 Å². The molecule has 1 aromatic rings. The molecule has 0 aromatic heterocycles. The van der Waals surface area contributed by atoms with E-state index in [1.165, 1.54) is 0 Å².